The van der Waals surface area contributed by atoms with Crippen LogP contribution in [0.2, 0.25) is 0 Å². The fourth-order valence-electron chi connectivity index (χ4n) is 2.21. The first-order chi connectivity index (χ1) is 13.0. The van der Waals surface area contributed by atoms with Gasteiger partial charge in [0.2, 0.25) is 11.8 Å². The van der Waals surface area contributed by atoms with Gasteiger partial charge >= 0.3 is 6.18 Å². The maximum Gasteiger partial charge on any atom is 0.423 e. The summed E-state index contributed by atoms with van der Waals surface area (Å²) in [4.78, 5) is 7.57. The third-order valence-corrected chi connectivity index (χ3v) is 3.55. The van der Waals surface area contributed by atoms with Crippen molar-refractivity contribution in [2.45, 2.75) is 12.8 Å². The molecule has 0 unspecified atom stereocenters. The minimum Gasteiger partial charge on any atom is -0.472 e. The van der Waals surface area contributed by atoms with Crippen molar-refractivity contribution in [3.63, 3.8) is 0 Å². The maximum atomic E-state index is 13.2. The smallest absolute Gasteiger partial charge is 0.423 e. The summed E-state index contributed by atoms with van der Waals surface area (Å²) >= 11 is 0. The maximum absolute atomic E-state index is 13.2. The number of alkyl halides is 3. The summed E-state index contributed by atoms with van der Waals surface area (Å²) < 4.78 is 44.9. The molecule has 0 amide bonds. The Kier molecular flexibility index (Phi) is 5.22. The minimum absolute atomic E-state index is 0.0456. The van der Waals surface area contributed by atoms with Gasteiger partial charge in [0.1, 0.15) is 12.2 Å². The van der Waals surface area contributed by atoms with E-state index in [4.69, 9.17) is 10.00 Å². The zero-order valence-electron chi connectivity index (χ0n) is 13.9. The molecule has 27 heavy (non-hydrogen) atoms. The molecule has 1 N–H and O–H groups in total. The van der Waals surface area contributed by atoms with E-state index in [2.05, 4.69) is 15.3 Å². The lowest BCUT2D eigenvalue weighted by Gasteiger charge is -2.14. The topological polar surface area (TPSA) is 70.8 Å². The van der Waals surface area contributed by atoms with Gasteiger partial charge < -0.3 is 10.1 Å². The normalized spacial score (nSPS) is 10.9. The van der Waals surface area contributed by atoms with Crippen LogP contribution < -0.4 is 10.1 Å². The predicted molar refractivity (Wildman–Crippen MR) is 92.2 cm³/mol. The van der Waals surface area contributed by atoms with Gasteiger partial charge in [0, 0.05) is 11.9 Å². The molecule has 0 atom stereocenters. The third-order valence-electron chi connectivity index (χ3n) is 3.55. The molecule has 136 valence electrons. The fraction of sp³-hybridized carbons (Fsp3) is 0.105. The Bertz CT molecular complexity index is 951. The van der Waals surface area contributed by atoms with Crippen molar-refractivity contribution in [2.24, 2.45) is 0 Å². The van der Waals surface area contributed by atoms with Gasteiger partial charge in [-0.05, 0) is 29.8 Å². The summed E-state index contributed by atoms with van der Waals surface area (Å²) in [7, 11) is 0. The highest BCUT2D eigenvalue weighted by Gasteiger charge is 2.36. The molecule has 1 heterocycles. The molecule has 8 heteroatoms. The second-order valence-electron chi connectivity index (χ2n) is 5.50. The van der Waals surface area contributed by atoms with E-state index >= 15 is 0 Å². The zero-order chi connectivity index (χ0) is 19.3. The van der Waals surface area contributed by atoms with Gasteiger partial charge in [0.15, 0.2) is 0 Å². The first-order valence-electron chi connectivity index (χ1n) is 7.84. The SMILES string of the molecule is N#Cc1ccc(Nc2ncc(C(F)(F)F)c(OCc3ccccc3)n2)cc1. The molecule has 3 aromatic rings. The largest absolute Gasteiger partial charge is 0.472 e. The number of rotatable bonds is 5. The van der Waals surface area contributed by atoms with E-state index in [0.29, 0.717) is 23.0 Å². The lowest BCUT2D eigenvalue weighted by atomic mass is 10.2. The predicted octanol–water partition coefficient (Wildman–Crippen LogP) is 4.69. The Hall–Kier alpha value is -3.60. The summed E-state index contributed by atoms with van der Waals surface area (Å²) in [6.45, 7) is -0.0583. The van der Waals surface area contributed by atoms with Crippen LogP contribution >= 0.6 is 0 Å². The summed E-state index contributed by atoms with van der Waals surface area (Å²) in [5, 5.41) is 11.6. The van der Waals surface area contributed by atoms with Crippen LogP contribution in [0.25, 0.3) is 0 Å². The van der Waals surface area contributed by atoms with E-state index < -0.39 is 17.6 Å². The first-order valence-corrected chi connectivity index (χ1v) is 7.84. The molecule has 0 saturated heterocycles. The van der Waals surface area contributed by atoms with E-state index in [-0.39, 0.29) is 12.6 Å². The average molecular weight is 370 g/mol. The van der Waals surface area contributed by atoms with Crippen LogP contribution in [0.3, 0.4) is 0 Å². The van der Waals surface area contributed by atoms with Crippen LogP contribution in [0.15, 0.2) is 60.8 Å². The second-order valence-corrected chi connectivity index (χ2v) is 5.50. The summed E-state index contributed by atoms with van der Waals surface area (Å²) in [6, 6.07) is 17.1. The van der Waals surface area contributed by atoms with E-state index in [1.54, 1.807) is 54.6 Å². The number of benzene rings is 2. The molecule has 0 fully saturated rings. The van der Waals surface area contributed by atoms with Crippen molar-refractivity contribution >= 4 is 11.6 Å². The van der Waals surface area contributed by atoms with Crippen molar-refractivity contribution in [2.75, 3.05) is 5.32 Å². The number of anilines is 2. The standard InChI is InChI=1S/C19H13F3N4O/c20-19(21,22)16-11-24-18(25-15-8-6-13(10-23)7-9-15)26-17(16)27-12-14-4-2-1-3-5-14/h1-9,11H,12H2,(H,24,25,26). The molecule has 0 aliphatic carbocycles. The van der Waals surface area contributed by atoms with Crippen molar-refractivity contribution in [3.05, 3.63) is 77.5 Å². The number of nitrogens with zero attached hydrogens (tertiary/aromatic N) is 3. The van der Waals surface area contributed by atoms with Gasteiger partial charge in [-0.15, -0.1) is 0 Å². The molecule has 3 rings (SSSR count). The molecule has 0 aliphatic heterocycles. The number of hydrogen-bond donors (Lipinski definition) is 1. The number of nitriles is 1. The number of aromatic nitrogens is 2. The highest BCUT2D eigenvalue weighted by molar-refractivity contribution is 5.55. The van der Waals surface area contributed by atoms with Gasteiger partial charge in [-0.1, -0.05) is 30.3 Å². The number of hydrogen-bond acceptors (Lipinski definition) is 5. The van der Waals surface area contributed by atoms with Gasteiger partial charge in [-0.2, -0.15) is 23.4 Å². The Morgan fingerprint density at radius 3 is 2.37 bits per heavy atom. The van der Waals surface area contributed by atoms with Crippen LogP contribution in [0.5, 0.6) is 5.88 Å². The highest BCUT2D eigenvalue weighted by atomic mass is 19.4. The Labute approximate surface area is 153 Å². The highest BCUT2D eigenvalue weighted by Crippen LogP contribution is 2.35. The average Bonchev–Trinajstić information content (AvgIpc) is 2.67. The van der Waals surface area contributed by atoms with Crippen molar-refractivity contribution in [1.29, 1.82) is 5.26 Å². The van der Waals surface area contributed by atoms with Crippen LogP contribution in [0.4, 0.5) is 24.8 Å². The molecule has 0 radical (unpaired) electrons. The molecule has 5 nitrogen and oxygen atoms in total. The minimum atomic E-state index is -4.64. The van der Waals surface area contributed by atoms with Crippen LogP contribution in [-0.4, -0.2) is 9.97 Å². The zero-order valence-corrected chi connectivity index (χ0v) is 13.9. The monoisotopic (exact) mass is 370 g/mol. The van der Waals surface area contributed by atoms with Crippen molar-refractivity contribution < 1.29 is 17.9 Å². The summed E-state index contributed by atoms with van der Waals surface area (Å²) in [5.74, 6) is -0.603. The molecular formula is C19H13F3N4O. The van der Waals surface area contributed by atoms with E-state index in [1.165, 1.54) is 0 Å². The van der Waals surface area contributed by atoms with Crippen LogP contribution in [0.1, 0.15) is 16.7 Å². The molecule has 0 bridgehead atoms. The quantitative estimate of drug-likeness (QED) is 0.706. The van der Waals surface area contributed by atoms with E-state index in [1.807, 2.05) is 6.07 Å². The molecule has 0 saturated carbocycles. The lowest BCUT2D eigenvalue weighted by molar-refractivity contribution is -0.139. The first kappa shape index (κ1) is 18.2. The molecule has 2 aromatic carbocycles. The third kappa shape index (κ3) is 4.73. The number of ether oxygens (including phenoxy) is 1. The number of halogens is 3. The van der Waals surface area contributed by atoms with Gasteiger partial charge in [-0.3, -0.25) is 0 Å². The summed E-state index contributed by atoms with van der Waals surface area (Å²) in [5.41, 5.74) is 0.651. The molecule has 0 spiro atoms. The van der Waals surface area contributed by atoms with Crippen molar-refractivity contribution in [1.82, 2.24) is 9.97 Å². The lowest BCUT2D eigenvalue weighted by Crippen LogP contribution is -2.12. The van der Waals surface area contributed by atoms with Crippen LogP contribution in [0, 0.1) is 11.3 Å². The number of nitrogens with one attached hydrogen (secondary N) is 1. The Balaban J connectivity index is 1.84. The Morgan fingerprint density at radius 2 is 1.74 bits per heavy atom. The van der Waals surface area contributed by atoms with Gasteiger partial charge in [0.05, 0.1) is 11.6 Å². The fourth-order valence-corrected chi connectivity index (χ4v) is 2.21. The van der Waals surface area contributed by atoms with E-state index in [9.17, 15) is 13.2 Å². The van der Waals surface area contributed by atoms with Gasteiger partial charge in [-0.25, -0.2) is 4.98 Å². The van der Waals surface area contributed by atoms with Gasteiger partial charge in [0.25, 0.3) is 0 Å². The van der Waals surface area contributed by atoms with Crippen LogP contribution in [-0.2, 0) is 12.8 Å². The second kappa shape index (κ2) is 7.74. The van der Waals surface area contributed by atoms with Crippen molar-refractivity contribution in [3.8, 4) is 11.9 Å². The summed E-state index contributed by atoms with van der Waals surface area (Å²) in [6.07, 6.45) is -3.96. The van der Waals surface area contributed by atoms with E-state index in [0.717, 1.165) is 0 Å². The molecule has 1 aromatic heterocycles. The Morgan fingerprint density at radius 1 is 1.04 bits per heavy atom. The molecule has 0 aliphatic rings. The molecular weight excluding hydrogens is 357 g/mol.